The minimum absolute atomic E-state index is 0.134. The van der Waals surface area contributed by atoms with E-state index in [9.17, 15) is 4.39 Å². The lowest BCUT2D eigenvalue weighted by Crippen LogP contribution is -2.10. The molecule has 0 saturated carbocycles. The highest BCUT2D eigenvalue weighted by Crippen LogP contribution is 2.29. The Hall–Kier alpha value is -2.09. The van der Waals surface area contributed by atoms with E-state index in [2.05, 4.69) is 27.7 Å². The first-order chi connectivity index (χ1) is 12.1. The molecule has 0 spiro atoms. The zero-order chi connectivity index (χ0) is 17.8. The van der Waals surface area contributed by atoms with Crippen molar-refractivity contribution in [1.29, 1.82) is 0 Å². The van der Waals surface area contributed by atoms with Crippen molar-refractivity contribution < 1.29 is 13.9 Å². The summed E-state index contributed by atoms with van der Waals surface area (Å²) in [6.07, 6.45) is 1.88. The average molecular weight is 452 g/mol. The van der Waals surface area contributed by atoms with Gasteiger partial charge in [-0.2, -0.15) is 5.10 Å². The average Bonchev–Trinajstić information content (AvgIpc) is 3.07. The van der Waals surface area contributed by atoms with E-state index in [1.807, 2.05) is 43.5 Å². The Morgan fingerprint density at radius 3 is 2.56 bits per heavy atom. The van der Waals surface area contributed by atoms with Gasteiger partial charge in [-0.15, -0.1) is 0 Å². The molecular formula is C19H18FIN2O2. The molecule has 3 rings (SSSR count). The molecule has 0 N–H and O–H groups in total. The lowest BCUT2D eigenvalue weighted by atomic mass is 10.1. The van der Waals surface area contributed by atoms with Gasteiger partial charge in [-0.25, -0.2) is 4.39 Å². The molecule has 3 aromatic rings. The Labute approximate surface area is 159 Å². The minimum atomic E-state index is -0.291. The lowest BCUT2D eigenvalue weighted by molar-refractivity contribution is 0.298. The van der Waals surface area contributed by atoms with Crippen LogP contribution in [0.25, 0.3) is 0 Å². The van der Waals surface area contributed by atoms with Gasteiger partial charge >= 0.3 is 0 Å². The van der Waals surface area contributed by atoms with E-state index in [1.54, 1.807) is 17.9 Å². The summed E-state index contributed by atoms with van der Waals surface area (Å²) in [6.45, 7) is 2.37. The molecular weight excluding hydrogens is 434 g/mol. The van der Waals surface area contributed by atoms with Gasteiger partial charge in [0.1, 0.15) is 27.6 Å². The molecule has 1 heterocycles. The molecule has 0 aliphatic carbocycles. The quantitative estimate of drug-likeness (QED) is 0.503. The van der Waals surface area contributed by atoms with E-state index >= 15 is 0 Å². The molecule has 25 heavy (non-hydrogen) atoms. The number of benzene rings is 2. The number of hydrogen-bond acceptors (Lipinski definition) is 3. The second-order valence-corrected chi connectivity index (χ2v) is 6.72. The van der Waals surface area contributed by atoms with Gasteiger partial charge in [0, 0.05) is 11.8 Å². The first-order valence-electron chi connectivity index (χ1n) is 7.82. The van der Waals surface area contributed by atoms with Gasteiger partial charge in [-0.3, -0.25) is 4.68 Å². The van der Waals surface area contributed by atoms with Crippen LogP contribution in [0.15, 0.2) is 54.7 Å². The van der Waals surface area contributed by atoms with Gasteiger partial charge in [0.15, 0.2) is 0 Å². The zero-order valence-electron chi connectivity index (χ0n) is 13.9. The third-order valence-corrected chi connectivity index (χ3v) is 4.52. The Kier molecular flexibility index (Phi) is 5.57. The summed E-state index contributed by atoms with van der Waals surface area (Å²) in [6, 6.07) is 14.0. The fourth-order valence-electron chi connectivity index (χ4n) is 2.53. The van der Waals surface area contributed by atoms with Crippen LogP contribution in [0.4, 0.5) is 4.39 Å². The lowest BCUT2D eigenvalue weighted by Gasteiger charge is -2.18. The van der Waals surface area contributed by atoms with Crippen molar-refractivity contribution in [2.24, 2.45) is 0 Å². The highest BCUT2D eigenvalue weighted by atomic mass is 127. The molecule has 0 bridgehead atoms. The summed E-state index contributed by atoms with van der Waals surface area (Å²) in [5, 5.41) is 4.41. The maximum atomic E-state index is 13.8. The molecule has 1 atom stereocenters. The second kappa shape index (κ2) is 7.86. The van der Waals surface area contributed by atoms with Crippen LogP contribution < -0.4 is 9.47 Å². The van der Waals surface area contributed by atoms with E-state index in [0.29, 0.717) is 12.4 Å². The number of methoxy groups -OCH3 is 1. The van der Waals surface area contributed by atoms with Crippen molar-refractivity contribution in [3.05, 3.63) is 75.4 Å². The van der Waals surface area contributed by atoms with E-state index in [4.69, 9.17) is 9.47 Å². The van der Waals surface area contributed by atoms with E-state index in [1.165, 1.54) is 12.1 Å². The molecule has 0 aliphatic rings. The predicted octanol–water partition coefficient (Wildman–Crippen LogP) is 4.82. The van der Waals surface area contributed by atoms with E-state index < -0.39 is 0 Å². The first kappa shape index (κ1) is 17.7. The normalized spacial score (nSPS) is 12.0. The maximum Gasteiger partial charge on any atom is 0.125 e. The molecule has 1 unspecified atom stereocenters. The van der Waals surface area contributed by atoms with Crippen LogP contribution in [0.2, 0.25) is 0 Å². The van der Waals surface area contributed by atoms with E-state index in [0.717, 1.165) is 20.6 Å². The molecule has 0 aliphatic heterocycles. The van der Waals surface area contributed by atoms with Crippen molar-refractivity contribution in [3.8, 4) is 11.5 Å². The van der Waals surface area contributed by atoms with Crippen molar-refractivity contribution >= 4 is 22.6 Å². The Balaban J connectivity index is 1.81. The summed E-state index contributed by atoms with van der Waals surface area (Å²) in [4.78, 5) is 0. The number of rotatable bonds is 6. The van der Waals surface area contributed by atoms with Crippen LogP contribution in [0.1, 0.15) is 24.1 Å². The topological polar surface area (TPSA) is 36.3 Å². The second-order valence-electron chi connectivity index (χ2n) is 5.61. The highest BCUT2D eigenvalue weighted by molar-refractivity contribution is 14.1. The van der Waals surface area contributed by atoms with Gasteiger partial charge in [0.05, 0.1) is 13.2 Å². The third-order valence-electron chi connectivity index (χ3n) is 3.95. The fraction of sp³-hybridized carbons (Fsp3) is 0.211. The Bertz CT molecular complexity index is 849. The van der Waals surface area contributed by atoms with Crippen LogP contribution in [0.3, 0.4) is 0 Å². The molecule has 0 radical (unpaired) electrons. The number of ether oxygens (including phenoxy) is 2. The van der Waals surface area contributed by atoms with Crippen LogP contribution >= 0.6 is 22.6 Å². The molecule has 0 amide bonds. The number of aromatic nitrogens is 2. The molecule has 4 nitrogen and oxygen atoms in total. The highest BCUT2D eigenvalue weighted by Gasteiger charge is 2.16. The Morgan fingerprint density at radius 1 is 1.16 bits per heavy atom. The van der Waals surface area contributed by atoms with Gasteiger partial charge in [0.2, 0.25) is 0 Å². The van der Waals surface area contributed by atoms with Crippen LogP contribution in [0.5, 0.6) is 11.5 Å². The number of hydrogen-bond donors (Lipinski definition) is 0. The molecule has 1 aromatic heterocycles. The predicted molar refractivity (Wildman–Crippen MR) is 102 cm³/mol. The first-order valence-corrected chi connectivity index (χ1v) is 8.90. The fourth-order valence-corrected chi connectivity index (χ4v) is 2.94. The van der Waals surface area contributed by atoms with Crippen LogP contribution in [0, 0.1) is 9.52 Å². The largest absolute Gasteiger partial charge is 0.497 e. The number of nitrogens with zero attached hydrogens (tertiary/aromatic N) is 2. The summed E-state index contributed by atoms with van der Waals surface area (Å²) in [7, 11) is 1.63. The number of halogens is 2. The van der Waals surface area contributed by atoms with Crippen LogP contribution in [-0.4, -0.2) is 16.9 Å². The molecule has 0 saturated heterocycles. The summed E-state index contributed by atoms with van der Waals surface area (Å²) in [5.41, 5.74) is 1.77. The van der Waals surface area contributed by atoms with Crippen molar-refractivity contribution in [2.45, 2.75) is 19.6 Å². The minimum Gasteiger partial charge on any atom is -0.497 e. The molecule has 2 aromatic carbocycles. The van der Waals surface area contributed by atoms with Crippen molar-refractivity contribution in [2.75, 3.05) is 7.11 Å². The van der Waals surface area contributed by atoms with Gasteiger partial charge < -0.3 is 9.47 Å². The summed E-state index contributed by atoms with van der Waals surface area (Å²) >= 11 is 2.15. The van der Waals surface area contributed by atoms with Gasteiger partial charge in [-0.1, -0.05) is 12.1 Å². The van der Waals surface area contributed by atoms with E-state index in [-0.39, 0.29) is 11.9 Å². The molecule has 0 fully saturated rings. The van der Waals surface area contributed by atoms with Gasteiger partial charge in [0.25, 0.3) is 0 Å². The van der Waals surface area contributed by atoms with Gasteiger partial charge in [-0.05, 0) is 71.5 Å². The third kappa shape index (κ3) is 4.31. The van der Waals surface area contributed by atoms with Crippen LogP contribution in [-0.2, 0) is 6.61 Å². The molecule has 6 heteroatoms. The summed E-state index contributed by atoms with van der Waals surface area (Å²) in [5.74, 6) is 1.16. The zero-order valence-corrected chi connectivity index (χ0v) is 16.1. The SMILES string of the molecule is COc1ccc(COc2ccc(F)cc2C(C)n2ccc(I)n2)cc1. The monoisotopic (exact) mass is 452 g/mol. The molecule has 130 valence electrons. The standard InChI is InChI=1S/C19H18FIN2O2/c1-13(23-10-9-19(21)22-23)17-11-15(20)5-8-18(17)25-12-14-3-6-16(24-2)7-4-14/h3-11,13H,12H2,1-2H3. The smallest absolute Gasteiger partial charge is 0.125 e. The Morgan fingerprint density at radius 2 is 1.92 bits per heavy atom. The van der Waals surface area contributed by atoms with Crippen molar-refractivity contribution in [1.82, 2.24) is 9.78 Å². The maximum absolute atomic E-state index is 13.8. The summed E-state index contributed by atoms with van der Waals surface area (Å²) < 4.78 is 27.6. The van der Waals surface area contributed by atoms with Crippen molar-refractivity contribution in [3.63, 3.8) is 0 Å².